The van der Waals surface area contributed by atoms with E-state index in [0.29, 0.717) is 17.1 Å². The predicted molar refractivity (Wildman–Crippen MR) is 71.5 cm³/mol. The molecule has 1 aromatic carbocycles. The topological polar surface area (TPSA) is 47.0 Å². The second-order valence-electron chi connectivity index (χ2n) is 4.16. The minimum absolute atomic E-state index is 0.127. The zero-order valence-electron chi connectivity index (χ0n) is 11.1. The van der Waals surface area contributed by atoms with Crippen LogP contribution in [0.25, 0.3) is 11.3 Å². The minimum atomic E-state index is -0.342. The first-order valence-electron chi connectivity index (χ1n) is 5.99. The van der Waals surface area contributed by atoms with Gasteiger partial charge in [-0.05, 0) is 31.7 Å². The summed E-state index contributed by atoms with van der Waals surface area (Å²) in [6.07, 6.45) is 3.03. The molecule has 2 rings (SSSR count). The van der Waals surface area contributed by atoms with E-state index in [1.807, 2.05) is 14.0 Å². The number of rotatable bonds is 4. The normalized spacial score (nSPS) is 12.2. The Morgan fingerprint density at radius 3 is 2.68 bits per heavy atom. The van der Waals surface area contributed by atoms with E-state index in [2.05, 4.69) is 15.3 Å². The van der Waals surface area contributed by atoms with Gasteiger partial charge in [-0.15, -0.1) is 0 Å². The fourth-order valence-electron chi connectivity index (χ4n) is 1.82. The van der Waals surface area contributed by atoms with Gasteiger partial charge in [0.05, 0.1) is 7.11 Å². The first kappa shape index (κ1) is 13.4. The predicted octanol–water partition coefficient (Wildman–Crippen LogP) is 2.57. The molecule has 5 heteroatoms. The molecule has 0 aliphatic rings. The standard InChI is InChI=1S/C14H16FN3O/c1-9(16-2)10-4-5-12(15)11(8-10)13-14(19-3)18-7-6-17-13/h4-9,16H,1-3H3. The molecule has 1 aromatic heterocycles. The van der Waals surface area contributed by atoms with Gasteiger partial charge >= 0.3 is 0 Å². The molecule has 1 heterocycles. The highest BCUT2D eigenvalue weighted by atomic mass is 19.1. The Labute approximate surface area is 111 Å². The highest BCUT2D eigenvalue weighted by Gasteiger charge is 2.15. The van der Waals surface area contributed by atoms with Crippen molar-refractivity contribution in [2.75, 3.05) is 14.2 Å². The Hall–Kier alpha value is -2.01. The van der Waals surface area contributed by atoms with Gasteiger partial charge in [0.15, 0.2) is 0 Å². The molecule has 0 aliphatic carbocycles. The van der Waals surface area contributed by atoms with Crippen molar-refractivity contribution < 1.29 is 9.13 Å². The van der Waals surface area contributed by atoms with Gasteiger partial charge in [-0.1, -0.05) is 6.07 Å². The molecule has 19 heavy (non-hydrogen) atoms. The van der Waals surface area contributed by atoms with Crippen molar-refractivity contribution in [2.45, 2.75) is 13.0 Å². The number of nitrogens with zero attached hydrogens (tertiary/aromatic N) is 2. The molecule has 0 bridgehead atoms. The maximum Gasteiger partial charge on any atom is 0.240 e. The van der Waals surface area contributed by atoms with Gasteiger partial charge in [0.2, 0.25) is 5.88 Å². The molecule has 0 amide bonds. The van der Waals surface area contributed by atoms with Gasteiger partial charge in [0.25, 0.3) is 0 Å². The average Bonchev–Trinajstić information content (AvgIpc) is 2.47. The molecule has 0 saturated heterocycles. The van der Waals surface area contributed by atoms with Gasteiger partial charge in [-0.2, -0.15) is 0 Å². The van der Waals surface area contributed by atoms with E-state index >= 15 is 0 Å². The van der Waals surface area contributed by atoms with Crippen molar-refractivity contribution in [2.24, 2.45) is 0 Å². The molecular formula is C14H16FN3O. The fourth-order valence-corrected chi connectivity index (χ4v) is 1.82. The molecule has 1 unspecified atom stereocenters. The maximum absolute atomic E-state index is 14.0. The molecule has 0 fully saturated rings. The average molecular weight is 261 g/mol. The van der Waals surface area contributed by atoms with Crippen LogP contribution in [0.2, 0.25) is 0 Å². The Morgan fingerprint density at radius 1 is 1.26 bits per heavy atom. The second kappa shape index (κ2) is 5.75. The van der Waals surface area contributed by atoms with E-state index < -0.39 is 0 Å². The molecule has 0 radical (unpaired) electrons. The third-order valence-corrected chi connectivity index (χ3v) is 3.04. The highest BCUT2D eigenvalue weighted by Crippen LogP contribution is 2.29. The van der Waals surface area contributed by atoms with Gasteiger partial charge in [0.1, 0.15) is 11.5 Å². The molecule has 4 nitrogen and oxygen atoms in total. The van der Waals surface area contributed by atoms with Crippen LogP contribution in [-0.4, -0.2) is 24.1 Å². The Bertz CT molecular complexity index is 574. The largest absolute Gasteiger partial charge is 0.479 e. The number of hydrogen-bond donors (Lipinski definition) is 1. The first-order valence-corrected chi connectivity index (χ1v) is 5.99. The van der Waals surface area contributed by atoms with Crippen LogP contribution < -0.4 is 10.1 Å². The molecule has 0 spiro atoms. The lowest BCUT2D eigenvalue weighted by Gasteiger charge is -2.13. The number of nitrogens with one attached hydrogen (secondary N) is 1. The summed E-state index contributed by atoms with van der Waals surface area (Å²) in [5.74, 6) is -0.0264. The van der Waals surface area contributed by atoms with Crippen LogP contribution >= 0.6 is 0 Å². The zero-order chi connectivity index (χ0) is 13.8. The van der Waals surface area contributed by atoms with E-state index in [-0.39, 0.29) is 11.9 Å². The first-order chi connectivity index (χ1) is 9.17. The summed E-state index contributed by atoms with van der Waals surface area (Å²) < 4.78 is 19.1. The van der Waals surface area contributed by atoms with E-state index in [1.54, 1.807) is 12.1 Å². The van der Waals surface area contributed by atoms with E-state index in [1.165, 1.54) is 25.6 Å². The van der Waals surface area contributed by atoms with Gasteiger partial charge in [-0.25, -0.2) is 14.4 Å². The summed E-state index contributed by atoms with van der Waals surface area (Å²) in [5, 5.41) is 3.12. The molecule has 0 aliphatic heterocycles. The van der Waals surface area contributed by atoms with Crippen LogP contribution in [-0.2, 0) is 0 Å². The number of ether oxygens (including phenoxy) is 1. The summed E-state index contributed by atoms with van der Waals surface area (Å²) in [6.45, 7) is 2.00. The lowest BCUT2D eigenvalue weighted by atomic mass is 10.0. The summed E-state index contributed by atoms with van der Waals surface area (Å²) >= 11 is 0. The van der Waals surface area contributed by atoms with Crippen LogP contribution in [0.1, 0.15) is 18.5 Å². The van der Waals surface area contributed by atoms with Gasteiger partial charge in [0, 0.05) is 24.0 Å². The second-order valence-corrected chi connectivity index (χ2v) is 4.16. The molecule has 100 valence electrons. The smallest absolute Gasteiger partial charge is 0.240 e. The van der Waals surface area contributed by atoms with Crippen LogP contribution in [0.15, 0.2) is 30.6 Å². The van der Waals surface area contributed by atoms with Gasteiger partial charge < -0.3 is 10.1 Å². The van der Waals surface area contributed by atoms with E-state index in [4.69, 9.17) is 4.74 Å². The van der Waals surface area contributed by atoms with Crippen molar-refractivity contribution in [1.29, 1.82) is 0 Å². The van der Waals surface area contributed by atoms with Crippen molar-refractivity contribution in [1.82, 2.24) is 15.3 Å². The fraction of sp³-hybridized carbons (Fsp3) is 0.286. The van der Waals surface area contributed by atoms with Crippen LogP contribution in [0, 0.1) is 5.82 Å². The summed E-state index contributed by atoms with van der Waals surface area (Å²) in [4.78, 5) is 8.20. The van der Waals surface area contributed by atoms with Crippen molar-refractivity contribution in [3.8, 4) is 17.1 Å². The maximum atomic E-state index is 14.0. The van der Waals surface area contributed by atoms with Crippen LogP contribution in [0.5, 0.6) is 5.88 Å². The number of aromatic nitrogens is 2. The molecule has 0 saturated carbocycles. The third kappa shape index (κ3) is 2.71. The lowest BCUT2D eigenvalue weighted by molar-refractivity contribution is 0.397. The summed E-state index contributed by atoms with van der Waals surface area (Å²) in [5.41, 5.74) is 1.78. The van der Waals surface area contributed by atoms with Crippen LogP contribution in [0.4, 0.5) is 4.39 Å². The number of hydrogen-bond acceptors (Lipinski definition) is 4. The Kier molecular flexibility index (Phi) is 4.06. The SMILES string of the molecule is CNC(C)c1ccc(F)c(-c2nccnc2OC)c1. The van der Waals surface area contributed by atoms with Crippen molar-refractivity contribution in [3.63, 3.8) is 0 Å². The van der Waals surface area contributed by atoms with Crippen molar-refractivity contribution in [3.05, 3.63) is 42.0 Å². The highest BCUT2D eigenvalue weighted by molar-refractivity contribution is 5.65. The molecular weight excluding hydrogens is 245 g/mol. The van der Waals surface area contributed by atoms with Gasteiger partial charge in [-0.3, -0.25) is 0 Å². The zero-order valence-corrected chi connectivity index (χ0v) is 11.1. The van der Waals surface area contributed by atoms with E-state index in [9.17, 15) is 4.39 Å². The summed E-state index contributed by atoms with van der Waals surface area (Å²) in [6, 6.07) is 5.08. The molecule has 2 aromatic rings. The number of benzene rings is 1. The quantitative estimate of drug-likeness (QED) is 0.919. The summed E-state index contributed by atoms with van der Waals surface area (Å²) in [7, 11) is 3.35. The Morgan fingerprint density at radius 2 is 2.00 bits per heavy atom. The molecule has 1 atom stereocenters. The van der Waals surface area contributed by atoms with Crippen LogP contribution in [0.3, 0.4) is 0 Å². The van der Waals surface area contributed by atoms with E-state index in [0.717, 1.165) is 5.56 Å². The van der Waals surface area contributed by atoms with Crippen molar-refractivity contribution >= 4 is 0 Å². The third-order valence-electron chi connectivity index (χ3n) is 3.04. The monoisotopic (exact) mass is 261 g/mol. The number of halogens is 1. The minimum Gasteiger partial charge on any atom is -0.479 e. The Balaban J connectivity index is 2.54. The lowest BCUT2D eigenvalue weighted by Crippen LogP contribution is -2.12. The molecule has 1 N–H and O–H groups in total. The number of methoxy groups -OCH3 is 1.